The molecule has 1 unspecified atom stereocenters. The van der Waals surface area contributed by atoms with E-state index < -0.39 is 6.10 Å². The third-order valence-corrected chi connectivity index (χ3v) is 5.29. The minimum atomic E-state index is -0.622. The highest BCUT2D eigenvalue weighted by atomic mass is 35.5. The fraction of sp³-hybridized carbons (Fsp3) is 0.706. The average Bonchev–Trinajstić information content (AvgIpc) is 3.23. The second-order valence-corrected chi connectivity index (χ2v) is 7.68. The molecule has 0 amide bonds. The normalized spacial score (nSPS) is 17.2. The molecule has 1 saturated carbocycles. The van der Waals surface area contributed by atoms with Crippen molar-refractivity contribution in [2.75, 3.05) is 26.2 Å². The second kappa shape index (κ2) is 10.9. The van der Waals surface area contributed by atoms with E-state index in [1.807, 2.05) is 13.0 Å². The minimum absolute atomic E-state index is 0.310. The van der Waals surface area contributed by atoms with Gasteiger partial charge in [-0.05, 0) is 38.3 Å². The van der Waals surface area contributed by atoms with E-state index in [1.54, 1.807) is 6.07 Å². The molecule has 1 aliphatic rings. The molecule has 0 spiro atoms. The molecule has 7 heteroatoms. The van der Waals surface area contributed by atoms with Crippen LogP contribution in [0.3, 0.4) is 0 Å². The van der Waals surface area contributed by atoms with Crippen LogP contribution in [0.15, 0.2) is 17.1 Å². The van der Waals surface area contributed by atoms with Gasteiger partial charge in [0.15, 0.2) is 5.96 Å². The molecule has 1 aliphatic carbocycles. The van der Waals surface area contributed by atoms with Crippen molar-refractivity contribution in [2.24, 2.45) is 4.99 Å². The summed E-state index contributed by atoms with van der Waals surface area (Å²) in [6.45, 7) is 4.71. The van der Waals surface area contributed by atoms with Crippen LogP contribution in [0.4, 0.5) is 0 Å². The lowest BCUT2D eigenvalue weighted by molar-refractivity contribution is 0.0574. The van der Waals surface area contributed by atoms with E-state index in [2.05, 4.69) is 15.6 Å². The second-order valence-electron chi connectivity index (χ2n) is 5.93. The molecule has 3 N–H and O–H groups in total. The molecule has 1 aromatic heterocycles. The summed E-state index contributed by atoms with van der Waals surface area (Å²) >= 11 is 7.28. The van der Waals surface area contributed by atoms with Crippen molar-refractivity contribution in [3.63, 3.8) is 0 Å². The minimum Gasteiger partial charge on any atom is -0.386 e. The molecular weight excluding hydrogens is 346 g/mol. The molecule has 24 heavy (non-hydrogen) atoms. The number of hydrogen-bond acceptors (Lipinski definition) is 4. The average molecular weight is 374 g/mol. The highest BCUT2D eigenvalue weighted by Gasteiger charge is 2.14. The summed E-state index contributed by atoms with van der Waals surface area (Å²) in [5.74, 6) is 0.722. The summed E-state index contributed by atoms with van der Waals surface area (Å²) in [5, 5.41) is 16.6. The molecule has 5 nitrogen and oxygen atoms in total. The summed E-state index contributed by atoms with van der Waals surface area (Å²) < 4.78 is 6.53. The molecule has 2 rings (SSSR count). The summed E-state index contributed by atoms with van der Waals surface area (Å²) in [6.07, 6.45) is 5.83. The van der Waals surface area contributed by atoms with E-state index in [4.69, 9.17) is 16.3 Å². The maximum Gasteiger partial charge on any atom is 0.191 e. The van der Waals surface area contributed by atoms with Gasteiger partial charge in [0.1, 0.15) is 6.10 Å². The Kier molecular flexibility index (Phi) is 8.88. The molecule has 0 aliphatic heterocycles. The van der Waals surface area contributed by atoms with Crippen LogP contribution in [0.1, 0.15) is 50.0 Å². The van der Waals surface area contributed by atoms with Crippen molar-refractivity contribution in [1.29, 1.82) is 0 Å². The van der Waals surface area contributed by atoms with Gasteiger partial charge in [0, 0.05) is 24.6 Å². The monoisotopic (exact) mass is 373 g/mol. The Morgan fingerprint density at radius 3 is 2.88 bits per heavy atom. The standard InChI is InChI=1S/C17H28ClN3O2S/c1-2-19-17(20-10-5-11-23-13-6-3-4-7-13)21-12-14(22)15-8-9-16(18)24-15/h8-9,13-14,22H,2-7,10-12H2,1H3,(H2,19,20,21). The van der Waals surface area contributed by atoms with Crippen LogP contribution in [0.5, 0.6) is 0 Å². The molecule has 136 valence electrons. The topological polar surface area (TPSA) is 65.9 Å². The summed E-state index contributed by atoms with van der Waals surface area (Å²) in [7, 11) is 0. The van der Waals surface area contributed by atoms with Crippen LogP contribution in [-0.2, 0) is 4.74 Å². The molecule has 0 bridgehead atoms. The first-order valence-electron chi connectivity index (χ1n) is 8.76. The van der Waals surface area contributed by atoms with Gasteiger partial charge in [-0.3, -0.25) is 4.99 Å². The number of ether oxygens (including phenoxy) is 1. The van der Waals surface area contributed by atoms with Gasteiger partial charge in [-0.25, -0.2) is 0 Å². The van der Waals surface area contributed by atoms with Gasteiger partial charge in [0.2, 0.25) is 0 Å². The molecule has 1 heterocycles. The van der Waals surface area contributed by atoms with Crippen LogP contribution in [0.2, 0.25) is 4.34 Å². The van der Waals surface area contributed by atoms with Crippen LogP contribution >= 0.6 is 22.9 Å². The number of aliphatic hydroxyl groups is 1. The van der Waals surface area contributed by atoms with Crippen molar-refractivity contribution >= 4 is 28.9 Å². The zero-order valence-electron chi connectivity index (χ0n) is 14.3. The first-order chi connectivity index (χ1) is 11.7. The number of aliphatic imine (C=N–C) groups is 1. The zero-order chi connectivity index (χ0) is 17.2. The Labute approximate surface area is 153 Å². The van der Waals surface area contributed by atoms with Gasteiger partial charge in [0.05, 0.1) is 17.0 Å². The van der Waals surface area contributed by atoms with E-state index in [-0.39, 0.29) is 0 Å². The predicted molar refractivity (Wildman–Crippen MR) is 101 cm³/mol. The summed E-state index contributed by atoms with van der Waals surface area (Å²) in [6, 6.07) is 3.64. The Hall–Kier alpha value is -0.820. The Morgan fingerprint density at radius 2 is 2.21 bits per heavy atom. The van der Waals surface area contributed by atoms with Gasteiger partial charge in [-0.2, -0.15) is 0 Å². The summed E-state index contributed by atoms with van der Waals surface area (Å²) in [5.41, 5.74) is 0. The first-order valence-corrected chi connectivity index (χ1v) is 9.95. The van der Waals surface area contributed by atoms with Crippen LogP contribution in [-0.4, -0.2) is 43.4 Å². The smallest absolute Gasteiger partial charge is 0.191 e. The van der Waals surface area contributed by atoms with Gasteiger partial charge in [-0.15, -0.1) is 11.3 Å². The van der Waals surface area contributed by atoms with Gasteiger partial charge in [-0.1, -0.05) is 24.4 Å². The van der Waals surface area contributed by atoms with E-state index in [0.29, 0.717) is 17.0 Å². The number of nitrogens with one attached hydrogen (secondary N) is 2. The third-order valence-electron chi connectivity index (χ3n) is 3.96. The Bertz CT molecular complexity index is 504. The van der Waals surface area contributed by atoms with Crippen LogP contribution in [0.25, 0.3) is 0 Å². The number of nitrogens with zero attached hydrogens (tertiary/aromatic N) is 1. The highest BCUT2D eigenvalue weighted by Crippen LogP contribution is 2.26. The number of rotatable bonds is 9. The Balaban J connectivity index is 1.67. The maximum atomic E-state index is 10.2. The van der Waals surface area contributed by atoms with Crippen LogP contribution < -0.4 is 10.6 Å². The fourth-order valence-corrected chi connectivity index (χ4v) is 3.74. The van der Waals surface area contributed by atoms with Gasteiger partial charge < -0.3 is 20.5 Å². The number of guanidine groups is 1. The maximum absolute atomic E-state index is 10.2. The van der Waals surface area contributed by atoms with Gasteiger partial charge in [0.25, 0.3) is 0 Å². The fourth-order valence-electron chi connectivity index (χ4n) is 2.70. The van der Waals surface area contributed by atoms with E-state index in [0.717, 1.165) is 37.0 Å². The van der Waals surface area contributed by atoms with E-state index in [9.17, 15) is 5.11 Å². The van der Waals surface area contributed by atoms with Crippen molar-refractivity contribution in [1.82, 2.24) is 10.6 Å². The molecule has 1 atom stereocenters. The van der Waals surface area contributed by atoms with Crippen molar-refractivity contribution in [2.45, 2.75) is 51.2 Å². The van der Waals surface area contributed by atoms with Gasteiger partial charge >= 0.3 is 0 Å². The molecule has 1 fully saturated rings. The van der Waals surface area contributed by atoms with E-state index in [1.165, 1.54) is 37.0 Å². The van der Waals surface area contributed by atoms with Crippen molar-refractivity contribution in [3.8, 4) is 0 Å². The highest BCUT2D eigenvalue weighted by molar-refractivity contribution is 7.16. The number of thiophene rings is 1. The zero-order valence-corrected chi connectivity index (χ0v) is 15.8. The molecule has 0 radical (unpaired) electrons. The van der Waals surface area contributed by atoms with Crippen molar-refractivity contribution in [3.05, 3.63) is 21.3 Å². The van der Waals surface area contributed by atoms with E-state index >= 15 is 0 Å². The molecular formula is C17H28ClN3O2S. The first kappa shape index (κ1) is 19.5. The molecule has 1 aromatic rings. The largest absolute Gasteiger partial charge is 0.386 e. The summed E-state index contributed by atoms with van der Waals surface area (Å²) in [4.78, 5) is 5.28. The number of hydrogen-bond donors (Lipinski definition) is 3. The number of halogens is 1. The quantitative estimate of drug-likeness (QED) is 0.353. The lowest BCUT2D eigenvalue weighted by Crippen LogP contribution is -2.38. The lowest BCUT2D eigenvalue weighted by Gasteiger charge is -2.14. The lowest BCUT2D eigenvalue weighted by atomic mass is 10.3. The SMILES string of the molecule is CCNC(=NCC(O)c1ccc(Cl)s1)NCCCOC1CCCC1. The molecule has 0 saturated heterocycles. The Morgan fingerprint density at radius 1 is 1.42 bits per heavy atom. The van der Waals surface area contributed by atoms with Crippen LogP contribution in [0, 0.1) is 0 Å². The van der Waals surface area contributed by atoms with Crippen molar-refractivity contribution < 1.29 is 9.84 Å². The number of aliphatic hydroxyl groups excluding tert-OH is 1. The molecule has 0 aromatic carbocycles. The predicted octanol–water partition coefficient (Wildman–Crippen LogP) is 3.34. The third kappa shape index (κ3) is 6.97.